The van der Waals surface area contributed by atoms with Crippen molar-refractivity contribution in [2.24, 2.45) is 0 Å². The summed E-state index contributed by atoms with van der Waals surface area (Å²) in [6, 6.07) is 7.53. The predicted octanol–water partition coefficient (Wildman–Crippen LogP) is 3.90. The van der Waals surface area contributed by atoms with E-state index in [1.54, 1.807) is 18.4 Å². The molecule has 2 aromatic rings. The molecule has 0 radical (unpaired) electrons. The zero-order valence-corrected chi connectivity index (χ0v) is 11.2. The van der Waals surface area contributed by atoms with Gasteiger partial charge in [-0.05, 0) is 31.7 Å². The molecule has 1 nitrogen and oxygen atoms in total. The van der Waals surface area contributed by atoms with Crippen molar-refractivity contribution in [1.82, 2.24) is 5.32 Å². The van der Waals surface area contributed by atoms with Gasteiger partial charge in [-0.25, -0.2) is 8.78 Å². The monoisotopic (exact) mass is 267 g/mol. The molecule has 0 aliphatic carbocycles. The van der Waals surface area contributed by atoms with Crippen molar-refractivity contribution in [3.8, 4) is 0 Å². The second-order valence-electron chi connectivity index (χ2n) is 4.05. The van der Waals surface area contributed by atoms with E-state index in [1.807, 2.05) is 12.1 Å². The molecule has 0 saturated carbocycles. The van der Waals surface area contributed by atoms with Crippen molar-refractivity contribution >= 4 is 11.3 Å². The topological polar surface area (TPSA) is 12.0 Å². The van der Waals surface area contributed by atoms with Crippen LogP contribution >= 0.6 is 11.3 Å². The molecule has 0 bridgehead atoms. The van der Waals surface area contributed by atoms with Crippen molar-refractivity contribution in [1.29, 1.82) is 0 Å². The standard InChI is InChI=1S/C14H15F2NS/c1-3-10-5-7-13(18-10)14(17-2)11-6-4-9(15)8-12(11)16/h4-8,14,17H,3H2,1-2H3. The molecular formula is C14H15F2NS. The van der Waals surface area contributed by atoms with E-state index in [2.05, 4.69) is 12.2 Å². The molecule has 0 aliphatic heterocycles. The van der Waals surface area contributed by atoms with E-state index in [0.717, 1.165) is 17.4 Å². The normalized spacial score (nSPS) is 12.7. The van der Waals surface area contributed by atoms with Gasteiger partial charge in [0.15, 0.2) is 0 Å². The second-order valence-corrected chi connectivity index (χ2v) is 5.25. The first-order valence-electron chi connectivity index (χ1n) is 5.86. The van der Waals surface area contributed by atoms with E-state index in [0.29, 0.717) is 5.56 Å². The van der Waals surface area contributed by atoms with Crippen molar-refractivity contribution < 1.29 is 8.78 Å². The number of hydrogen-bond acceptors (Lipinski definition) is 2. The third-order valence-electron chi connectivity index (χ3n) is 2.88. The Kier molecular flexibility index (Phi) is 4.09. The van der Waals surface area contributed by atoms with Gasteiger partial charge in [0, 0.05) is 21.4 Å². The molecule has 2 rings (SSSR count). The summed E-state index contributed by atoms with van der Waals surface area (Å²) in [6.07, 6.45) is 0.965. The first kappa shape index (κ1) is 13.2. The fourth-order valence-corrected chi connectivity index (χ4v) is 3.01. The Morgan fingerprint density at radius 1 is 1.22 bits per heavy atom. The number of benzene rings is 1. The summed E-state index contributed by atoms with van der Waals surface area (Å²) >= 11 is 1.65. The molecule has 1 unspecified atom stereocenters. The van der Waals surface area contributed by atoms with Crippen LogP contribution in [0.2, 0.25) is 0 Å². The fraction of sp³-hybridized carbons (Fsp3) is 0.286. The molecule has 0 fully saturated rings. The molecule has 1 heterocycles. The highest BCUT2D eigenvalue weighted by Gasteiger charge is 2.18. The van der Waals surface area contributed by atoms with Gasteiger partial charge in [-0.15, -0.1) is 11.3 Å². The highest BCUT2D eigenvalue weighted by atomic mass is 32.1. The molecular weight excluding hydrogens is 252 g/mol. The van der Waals surface area contributed by atoms with Crippen LogP contribution < -0.4 is 5.32 Å². The minimum Gasteiger partial charge on any atom is -0.309 e. The zero-order chi connectivity index (χ0) is 13.1. The maximum atomic E-state index is 13.8. The number of rotatable bonds is 4. The Bertz CT molecular complexity index is 536. The molecule has 0 amide bonds. The van der Waals surface area contributed by atoms with Gasteiger partial charge in [-0.2, -0.15) is 0 Å². The van der Waals surface area contributed by atoms with Crippen molar-refractivity contribution in [2.45, 2.75) is 19.4 Å². The lowest BCUT2D eigenvalue weighted by Crippen LogP contribution is -2.17. The summed E-state index contributed by atoms with van der Waals surface area (Å²) in [6.45, 7) is 2.09. The van der Waals surface area contributed by atoms with Crippen LogP contribution in [-0.2, 0) is 6.42 Å². The Balaban J connectivity index is 2.38. The van der Waals surface area contributed by atoms with Crippen LogP contribution in [0.5, 0.6) is 0 Å². The Hall–Kier alpha value is -1.26. The average Bonchev–Trinajstić information content (AvgIpc) is 2.81. The van der Waals surface area contributed by atoms with E-state index in [9.17, 15) is 8.78 Å². The Morgan fingerprint density at radius 3 is 2.56 bits per heavy atom. The molecule has 1 aromatic carbocycles. The van der Waals surface area contributed by atoms with Gasteiger partial charge < -0.3 is 5.32 Å². The number of nitrogens with one attached hydrogen (secondary N) is 1. The number of halogens is 2. The third-order valence-corrected chi connectivity index (χ3v) is 4.17. The molecule has 18 heavy (non-hydrogen) atoms. The first-order chi connectivity index (χ1) is 8.65. The van der Waals surface area contributed by atoms with Crippen LogP contribution in [0.15, 0.2) is 30.3 Å². The lowest BCUT2D eigenvalue weighted by atomic mass is 10.0. The Morgan fingerprint density at radius 2 is 2.00 bits per heavy atom. The van der Waals surface area contributed by atoms with Gasteiger partial charge in [-0.3, -0.25) is 0 Å². The average molecular weight is 267 g/mol. The smallest absolute Gasteiger partial charge is 0.131 e. The first-order valence-corrected chi connectivity index (χ1v) is 6.68. The van der Waals surface area contributed by atoms with Crippen molar-refractivity contribution in [3.63, 3.8) is 0 Å². The summed E-state index contributed by atoms with van der Waals surface area (Å²) in [5.41, 5.74) is 0.475. The van der Waals surface area contributed by atoms with E-state index >= 15 is 0 Å². The van der Waals surface area contributed by atoms with Gasteiger partial charge in [0.1, 0.15) is 11.6 Å². The van der Waals surface area contributed by atoms with Crippen LogP contribution in [0.3, 0.4) is 0 Å². The van der Waals surface area contributed by atoms with Gasteiger partial charge in [0.2, 0.25) is 0 Å². The summed E-state index contributed by atoms with van der Waals surface area (Å²) in [5.74, 6) is -1.06. The summed E-state index contributed by atoms with van der Waals surface area (Å²) in [5, 5.41) is 3.08. The minimum atomic E-state index is -0.550. The zero-order valence-electron chi connectivity index (χ0n) is 10.3. The molecule has 1 aromatic heterocycles. The number of aryl methyl sites for hydroxylation is 1. The number of hydrogen-bond donors (Lipinski definition) is 1. The van der Waals surface area contributed by atoms with E-state index in [4.69, 9.17) is 0 Å². The van der Waals surface area contributed by atoms with Gasteiger partial charge >= 0.3 is 0 Å². The molecule has 1 N–H and O–H groups in total. The highest BCUT2D eigenvalue weighted by Crippen LogP contribution is 2.30. The van der Waals surface area contributed by atoms with Crippen molar-refractivity contribution in [3.05, 3.63) is 57.3 Å². The van der Waals surface area contributed by atoms with Crippen LogP contribution in [-0.4, -0.2) is 7.05 Å². The summed E-state index contributed by atoms with van der Waals surface area (Å²) in [4.78, 5) is 2.30. The molecule has 0 aliphatic rings. The molecule has 0 spiro atoms. The van der Waals surface area contributed by atoms with Crippen LogP contribution in [0.25, 0.3) is 0 Å². The molecule has 0 saturated heterocycles. The maximum absolute atomic E-state index is 13.8. The lowest BCUT2D eigenvalue weighted by molar-refractivity contribution is 0.553. The van der Waals surface area contributed by atoms with Crippen molar-refractivity contribution in [2.75, 3.05) is 7.05 Å². The second kappa shape index (κ2) is 5.59. The molecule has 1 atom stereocenters. The summed E-state index contributed by atoms with van der Waals surface area (Å²) < 4.78 is 26.7. The highest BCUT2D eigenvalue weighted by molar-refractivity contribution is 7.12. The van der Waals surface area contributed by atoms with E-state index in [1.165, 1.54) is 17.0 Å². The van der Waals surface area contributed by atoms with Crippen LogP contribution in [0.4, 0.5) is 8.78 Å². The molecule has 96 valence electrons. The minimum absolute atomic E-state index is 0.226. The quantitative estimate of drug-likeness (QED) is 0.886. The summed E-state index contributed by atoms with van der Waals surface area (Å²) in [7, 11) is 1.78. The predicted molar refractivity (Wildman–Crippen MR) is 71.0 cm³/mol. The van der Waals surface area contributed by atoms with Gasteiger partial charge in [0.05, 0.1) is 6.04 Å². The van der Waals surface area contributed by atoms with E-state index in [-0.39, 0.29) is 6.04 Å². The maximum Gasteiger partial charge on any atom is 0.131 e. The largest absolute Gasteiger partial charge is 0.309 e. The van der Waals surface area contributed by atoms with Crippen LogP contribution in [0, 0.1) is 11.6 Å². The van der Waals surface area contributed by atoms with E-state index < -0.39 is 11.6 Å². The van der Waals surface area contributed by atoms with Gasteiger partial charge in [-0.1, -0.05) is 13.0 Å². The fourth-order valence-electron chi connectivity index (χ4n) is 1.93. The van der Waals surface area contributed by atoms with Gasteiger partial charge in [0.25, 0.3) is 0 Å². The lowest BCUT2D eigenvalue weighted by Gasteiger charge is -2.15. The molecule has 4 heteroatoms. The van der Waals surface area contributed by atoms with Crippen LogP contribution in [0.1, 0.15) is 28.3 Å². The SMILES string of the molecule is CCc1ccc(C(NC)c2ccc(F)cc2F)s1. The third kappa shape index (κ3) is 2.60. The Labute approximate surface area is 109 Å². The number of thiophene rings is 1.